The highest BCUT2D eigenvalue weighted by atomic mass is 127. The number of halogens is 2. The number of unbranched alkanes of at least 4 members (excludes halogenated alkanes) is 6. The van der Waals surface area contributed by atoms with Gasteiger partial charge in [0.1, 0.15) is 0 Å². The Morgan fingerprint density at radius 3 is 2.37 bits per heavy atom. The van der Waals surface area contributed by atoms with Crippen LogP contribution in [-0.4, -0.2) is 5.11 Å². The fraction of sp³-hybridized carbons (Fsp3) is 0.625. The van der Waals surface area contributed by atoms with Crippen molar-refractivity contribution in [2.45, 2.75) is 64.4 Å². The van der Waals surface area contributed by atoms with Gasteiger partial charge in [-0.05, 0) is 46.7 Å². The molecular formula is C16H24ClIO. The van der Waals surface area contributed by atoms with Crippen molar-refractivity contribution in [3.8, 4) is 0 Å². The van der Waals surface area contributed by atoms with Crippen LogP contribution in [0.25, 0.3) is 0 Å². The maximum Gasteiger partial charge on any atom is 0.0790 e. The van der Waals surface area contributed by atoms with Gasteiger partial charge in [-0.1, -0.05) is 69.5 Å². The molecule has 0 aliphatic heterocycles. The zero-order valence-electron chi connectivity index (χ0n) is 11.7. The summed E-state index contributed by atoms with van der Waals surface area (Å²) >= 11 is 8.27. The predicted octanol–water partition coefficient (Wildman–Crippen LogP) is 6.12. The van der Waals surface area contributed by atoms with Gasteiger partial charge in [-0.25, -0.2) is 0 Å². The van der Waals surface area contributed by atoms with Gasteiger partial charge in [-0.2, -0.15) is 0 Å². The van der Waals surface area contributed by atoms with Crippen LogP contribution in [-0.2, 0) is 0 Å². The van der Waals surface area contributed by atoms with Crippen molar-refractivity contribution in [2.75, 3.05) is 0 Å². The van der Waals surface area contributed by atoms with Gasteiger partial charge in [-0.15, -0.1) is 0 Å². The predicted molar refractivity (Wildman–Crippen MR) is 91.7 cm³/mol. The van der Waals surface area contributed by atoms with E-state index in [1.807, 2.05) is 18.2 Å². The fourth-order valence-electron chi connectivity index (χ4n) is 2.18. The van der Waals surface area contributed by atoms with E-state index in [9.17, 15) is 5.11 Å². The Balaban J connectivity index is 2.20. The number of hydrogen-bond acceptors (Lipinski definition) is 1. The highest BCUT2D eigenvalue weighted by Gasteiger charge is 2.08. The third kappa shape index (κ3) is 6.96. The van der Waals surface area contributed by atoms with Gasteiger partial charge < -0.3 is 5.11 Å². The Morgan fingerprint density at radius 2 is 1.74 bits per heavy atom. The topological polar surface area (TPSA) is 20.2 Å². The van der Waals surface area contributed by atoms with Gasteiger partial charge in [0, 0.05) is 3.57 Å². The monoisotopic (exact) mass is 394 g/mol. The first-order chi connectivity index (χ1) is 9.15. The molecule has 0 saturated heterocycles. The van der Waals surface area contributed by atoms with Crippen LogP contribution in [0.15, 0.2) is 18.2 Å². The summed E-state index contributed by atoms with van der Waals surface area (Å²) < 4.78 is 1.03. The van der Waals surface area contributed by atoms with E-state index in [0.29, 0.717) is 0 Å². The molecule has 1 unspecified atom stereocenters. The van der Waals surface area contributed by atoms with Crippen LogP contribution in [0, 0.1) is 3.57 Å². The lowest BCUT2D eigenvalue weighted by molar-refractivity contribution is 0.163. The third-order valence-corrected chi connectivity index (χ3v) is 4.98. The normalized spacial score (nSPS) is 12.6. The van der Waals surface area contributed by atoms with E-state index in [-0.39, 0.29) is 6.10 Å². The molecule has 1 aromatic carbocycles. The van der Waals surface area contributed by atoms with Crippen molar-refractivity contribution < 1.29 is 5.11 Å². The number of benzene rings is 1. The van der Waals surface area contributed by atoms with Crippen LogP contribution < -0.4 is 0 Å². The van der Waals surface area contributed by atoms with Crippen molar-refractivity contribution in [3.63, 3.8) is 0 Å². The summed E-state index contributed by atoms with van der Waals surface area (Å²) in [6.45, 7) is 2.24. The van der Waals surface area contributed by atoms with Gasteiger partial charge >= 0.3 is 0 Å². The van der Waals surface area contributed by atoms with E-state index in [1.54, 1.807) is 0 Å². The van der Waals surface area contributed by atoms with Gasteiger partial charge in [0.25, 0.3) is 0 Å². The molecule has 0 heterocycles. The zero-order chi connectivity index (χ0) is 14.1. The van der Waals surface area contributed by atoms with Gasteiger partial charge in [0.05, 0.1) is 11.1 Å². The average Bonchev–Trinajstić information content (AvgIpc) is 2.40. The molecule has 0 radical (unpaired) electrons. The second-order valence-corrected chi connectivity index (χ2v) is 6.67. The van der Waals surface area contributed by atoms with E-state index in [1.165, 1.54) is 38.5 Å². The van der Waals surface area contributed by atoms with Crippen LogP contribution in [0.4, 0.5) is 0 Å². The molecule has 0 aliphatic carbocycles. The second kappa shape index (κ2) is 10.0. The van der Waals surface area contributed by atoms with Gasteiger partial charge in [0.15, 0.2) is 0 Å². The highest BCUT2D eigenvalue weighted by Crippen LogP contribution is 2.26. The third-order valence-electron chi connectivity index (χ3n) is 3.41. The Hall–Kier alpha value is 0.200. The maximum atomic E-state index is 10.1. The lowest BCUT2D eigenvalue weighted by atomic mass is 10.0. The van der Waals surface area contributed by atoms with E-state index < -0.39 is 0 Å². The Kier molecular flexibility index (Phi) is 9.08. The van der Waals surface area contributed by atoms with E-state index >= 15 is 0 Å². The summed E-state index contributed by atoms with van der Waals surface area (Å²) in [4.78, 5) is 0. The molecule has 1 rings (SSSR count). The van der Waals surface area contributed by atoms with Gasteiger partial charge in [-0.3, -0.25) is 0 Å². The van der Waals surface area contributed by atoms with Crippen LogP contribution in [0.1, 0.15) is 70.0 Å². The molecule has 1 N–H and O–H groups in total. The van der Waals surface area contributed by atoms with Crippen LogP contribution in [0.5, 0.6) is 0 Å². The van der Waals surface area contributed by atoms with Crippen LogP contribution in [0.3, 0.4) is 0 Å². The Bertz CT molecular complexity index is 368. The highest BCUT2D eigenvalue weighted by molar-refractivity contribution is 14.1. The summed E-state index contributed by atoms with van der Waals surface area (Å²) in [6.07, 6.45) is 9.41. The molecule has 3 heteroatoms. The zero-order valence-corrected chi connectivity index (χ0v) is 14.6. The Labute approximate surface area is 135 Å². The molecule has 1 atom stereocenters. The first-order valence-corrected chi connectivity index (χ1v) is 8.73. The minimum atomic E-state index is -0.370. The van der Waals surface area contributed by atoms with Crippen molar-refractivity contribution >= 4 is 34.2 Å². The fourth-order valence-corrected chi connectivity index (χ4v) is 2.71. The van der Waals surface area contributed by atoms with E-state index in [4.69, 9.17) is 11.6 Å². The standard InChI is InChI=1S/C16H24ClIO/c1-2-3-4-5-6-7-8-9-16(19)13-10-11-15(18)14(17)12-13/h10-12,16,19H,2-9H2,1H3. The maximum absolute atomic E-state index is 10.1. The molecule has 0 spiro atoms. The summed E-state index contributed by atoms with van der Waals surface area (Å²) in [5.41, 5.74) is 0.941. The second-order valence-electron chi connectivity index (χ2n) is 5.10. The molecule has 0 fully saturated rings. The number of hydrogen-bond donors (Lipinski definition) is 1. The smallest absolute Gasteiger partial charge is 0.0790 e. The van der Waals surface area contributed by atoms with Crippen molar-refractivity contribution in [3.05, 3.63) is 32.4 Å². The van der Waals surface area contributed by atoms with Crippen LogP contribution >= 0.6 is 34.2 Å². The molecule has 0 saturated carbocycles. The van der Waals surface area contributed by atoms with Crippen LogP contribution in [0.2, 0.25) is 5.02 Å². The lowest BCUT2D eigenvalue weighted by Crippen LogP contribution is -1.98. The summed E-state index contributed by atoms with van der Waals surface area (Å²) in [5.74, 6) is 0. The summed E-state index contributed by atoms with van der Waals surface area (Å²) in [7, 11) is 0. The molecule has 0 amide bonds. The first kappa shape index (κ1) is 17.3. The first-order valence-electron chi connectivity index (χ1n) is 7.28. The molecule has 1 nitrogen and oxygen atoms in total. The van der Waals surface area contributed by atoms with Gasteiger partial charge in [0.2, 0.25) is 0 Å². The lowest BCUT2D eigenvalue weighted by Gasteiger charge is -2.11. The molecule has 1 aromatic rings. The molecule has 0 aliphatic rings. The molecule has 19 heavy (non-hydrogen) atoms. The molecule has 0 bridgehead atoms. The Morgan fingerprint density at radius 1 is 1.11 bits per heavy atom. The average molecular weight is 395 g/mol. The summed E-state index contributed by atoms with van der Waals surface area (Å²) in [5, 5.41) is 10.8. The minimum Gasteiger partial charge on any atom is -0.388 e. The number of aliphatic hydroxyl groups excluding tert-OH is 1. The SMILES string of the molecule is CCCCCCCCCC(O)c1ccc(I)c(Cl)c1. The summed E-state index contributed by atoms with van der Waals surface area (Å²) in [6, 6.07) is 5.82. The quantitative estimate of drug-likeness (QED) is 0.395. The van der Waals surface area contributed by atoms with E-state index in [2.05, 4.69) is 29.5 Å². The molecule has 108 valence electrons. The molecule has 0 aromatic heterocycles. The van der Waals surface area contributed by atoms with E-state index in [0.717, 1.165) is 27.0 Å². The van der Waals surface area contributed by atoms with Crippen molar-refractivity contribution in [1.82, 2.24) is 0 Å². The number of rotatable bonds is 9. The minimum absolute atomic E-state index is 0.370. The largest absolute Gasteiger partial charge is 0.388 e. The molecular weight excluding hydrogens is 371 g/mol. The van der Waals surface area contributed by atoms with Crippen molar-refractivity contribution in [1.29, 1.82) is 0 Å². The van der Waals surface area contributed by atoms with Crippen molar-refractivity contribution in [2.24, 2.45) is 0 Å². The number of aliphatic hydroxyl groups is 1.